The summed E-state index contributed by atoms with van der Waals surface area (Å²) in [5, 5.41) is 5.56. The molecule has 0 aliphatic heterocycles. The molecule has 0 spiro atoms. The van der Waals surface area contributed by atoms with Gasteiger partial charge in [-0.05, 0) is 37.1 Å². The van der Waals surface area contributed by atoms with Crippen LogP contribution in [0.1, 0.15) is 29.6 Å². The lowest BCUT2D eigenvalue weighted by Crippen LogP contribution is -2.29. The van der Waals surface area contributed by atoms with Crippen LogP contribution in [0.15, 0.2) is 59.5 Å². The summed E-state index contributed by atoms with van der Waals surface area (Å²) in [7, 11) is -3.65. The van der Waals surface area contributed by atoms with Crippen molar-refractivity contribution in [3.05, 3.63) is 60.2 Å². The standard InChI is InChI=1S/C19H21N3O4S/c23-18(12-13-20-27(25,26)15-6-2-1-3-7-15)22-17-9-5-4-8-16(17)19(24)21-14-10-11-14/h1-9,14,20H,10-13H2,(H,21,24)(H,22,23). The van der Waals surface area contributed by atoms with Crippen LogP contribution >= 0.6 is 0 Å². The van der Waals surface area contributed by atoms with E-state index in [2.05, 4.69) is 15.4 Å². The molecule has 1 aliphatic carbocycles. The smallest absolute Gasteiger partial charge is 0.253 e. The van der Waals surface area contributed by atoms with Crippen molar-refractivity contribution in [3.8, 4) is 0 Å². The summed E-state index contributed by atoms with van der Waals surface area (Å²) in [6.45, 7) is -0.0422. The van der Waals surface area contributed by atoms with Crippen LogP contribution in [0.25, 0.3) is 0 Å². The third kappa shape index (κ3) is 5.38. The van der Waals surface area contributed by atoms with Gasteiger partial charge in [-0.15, -0.1) is 0 Å². The summed E-state index contributed by atoms with van der Waals surface area (Å²) < 4.78 is 26.7. The van der Waals surface area contributed by atoms with Gasteiger partial charge < -0.3 is 10.6 Å². The maximum Gasteiger partial charge on any atom is 0.253 e. The molecule has 1 saturated carbocycles. The Bertz CT molecular complexity index is 925. The van der Waals surface area contributed by atoms with E-state index in [0.717, 1.165) is 12.8 Å². The van der Waals surface area contributed by atoms with Crippen molar-refractivity contribution >= 4 is 27.5 Å². The van der Waals surface area contributed by atoms with Gasteiger partial charge >= 0.3 is 0 Å². The van der Waals surface area contributed by atoms with Gasteiger partial charge in [0.2, 0.25) is 15.9 Å². The SMILES string of the molecule is O=C(CCNS(=O)(=O)c1ccccc1)Nc1ccccc1C(=O)NC1CC1. The summed E-state index contributed by atoms with van der Waals surface area (Å²) >= 11 is 0. The largest absolute Gasteiger partial charge is 0.349 e. The zero-order chi connectivity index (χ0) is 19.3. The Kier molecular flexibility index (Phi) is 5.88. The Labute approximate surface area is 158 Å². The molecule has 0 radical (unpaired) electrons. The molecule has 2 amide bonds. The third-order valence-electron chi connectivity index (χ3n) is 4.06. The van der Waals surface area contributed by atoms with Crippen LogP contribution in [0.5, 0.6) is 0 Å². The number of carbonyl (C=O) groups excluding carboxylic acids is 2. The minimum Gasteiger partial charge on any atom is -0.349 e. The highest BCUT2D eigenvalue weighted by Crippen LogP contribution is 2.21. The topological polar surface area (TPSA) is 104 Å². The minimum absolute atomic E-state index is 0.0422. The zero-order valence-corrected chi connectivity index (χ0v) is 15.5. The van der Waals surface area contributed by atoms with Crippen LogP contribution in [0, 0.1) is 0 Å². The van der Waals surface area contributed by atoms with Crippen molar-refractivity contribution in [1.82, 2.24) is 10.0 Å². The number of amides is 2. The van der Waals surface area contributed by atoms with Crippen LogP contribution in [-0.2, 0) is 14.8 Å². The predicted molar refractivity (Wildman–Crippen MR) is 102 cm³/mol. The first kappa shape index (κ1) is 19.1. The molecular formula is C19H21N3O4S. The Balaban J connectivity index is 1.54. The fourth-order valence-electron chi connectivity index (χ4n) is 2.48. The fraction of sp³-hybridized carbons (Fsp3) is 0.263. The predicted octanol–water partition coefficient (Wildman–Crippen LogP) is 1.89. The molecule has 0 atom stereocenters. The van der Waals surface area contributed by atoms with Crippen molar-refractivity contribution in [2.75, 3.05) is 11.9 Å². The molecule has 2 aromatic rings. The van der Waals surface area contributed by atoms with Crippen molar-refractivity contribution in [2.45, 2.75) is 30.2 Å². The first-order chi connectivity index (χ1) is 13.0. The molecule has 1 aliphatic rings. The Morgan fingerprint density at radius 3 is 2.33 bits per heavy atom. The van der Waals surface area contributed by atoms with Gasteiger partial charge in [-0.25, -0.2) is 13.1 Å². The highest BCUT2D eigenvalue weighted by Gasteiger charge is 2.25. The van der Waals surface area contributed by atoms with Crippen molar-refractivity contribution < 1.29 is 18.0 Å². The van der Waals surface area contributed by atoms with E-state index in [1.54, 1.807) is 42.5 Å². The van der Waals surface area contributed by atoms with Gasteiger partial charge in [0.05, 0.1) is 16.1 Å². The van der Waals surface area contributed by atoms with Crippen LogP contribution in [-0.4, -0.2) is 32.8 Å². The summed E-state index contributed by atoms with van der Waals surface area (Å²) in [6, 6.07) is 14.9. The van der Waals surface area contributed by atoms with Gasteiger partial charge in [-0.2, -0.15) is 0 Å². The van der Waals surface area contributed by atoms with E-state index in [4.69, 9.17) is 0 Å². The second-order valence-electron chi connectivity index (χ2n) is 6.30. The van der Waals surface area contributed by atoms with Crippen LogP contribution in [0.2, 0.25) is 0 Å². The molecule has 7 nitrogen and oxygen atoms in total. The Morgan fingerprint density at radius 1 is 0.963 bits per heavy atom. The molecule has 0 unspecified atom stereocenters. The third-order valence-corrected chi connectivity index (χ3v) is 5.53. The number of hydrogen-bond acceptors (Lipinski definition) is 4. The van der Waals surface area contributed by atoms with E-state index in [1.165, 1.54) is 12.1 Å². The number of carbonyl (C=O) groups is 2. The molecule has 142 valence electrons. The van der Waals surface area contributed by atoms with Crippen molar-refractivity contribution in [3.63, 3.8) is 0 Å². The summed E-state index contributed by atoms with van der Waals surface area (Å²) in [5.41, 5.74) is 0.800. The van der Waals surface area contributed by atoms with Gasteiger partial charge in [0.25, 0.3) is 5.91 Å². The molecular weight excluding hydrogens is 366 g/mol. The van der Waals surface area contributed by atoms with Crippen LogP contribution in [0.4, 0.5) is 5.69 Å². The van der Waals surface area contributed by atoms with Crippen LogP contribution in [0.3, 0.4) is 0 Å². The molecule has 3 rings (SSSR count). The number of para-hydroxylation sites is 1. The quantitative estimate of drug-likeness (QED) is 0.643. The summed E-state index contributed by atoms with van der Waals surface area (Å²) in [6.07, 6.45) is 1.90. The number of rotatable bonds is 8. The first-order valence-electron chi connectivity index (χ1n) is 8.70. The van der Waals surface area contributed by atoms with E-state index in [1.807, 2.05) is 0 Å². The number of nitrogens with one attached hydrogen (secondary N) is 3. The van der Waals surface area contributed by atoms with E-state index < -0.39 is 10.0 Å². The maximum atomic E-state index is 12.2. The lowest BCUT2D eigenvalue weighted by molar-refractivity contribution is -0.116. The van der Waals surface area contributed by atoms with Crippen molar-refractivity contribution in [2.24, 2.45) is 0 Å². The molecule has 0 bridgehead atoms. The normalized spacial score (nSPS) is 13.8. The molecule has 2 aromatic carbocycles. The second kappa shape index (κ2) is 8.32. The fourth-order valence-corrected chi connectivity index (χ4v) is 3.53. The van der Waals surface area contributed by atoms with Gasteiger partial charge in [0.1, 0.15) is 0 Å². The molecule has 1 fully saturated rings. The number of anilines is 1. The lowest BCUT2D eigenvalue weighted by Gasteiger charge is -2.11. The Morgan fingerprint density at radius 2 is 1.63 bits per heavy atom. The molecule has 3 N–H and O–H groups in total. The van der Waals surface area contributed by atoms with E-state index in [9.17, 15) is 18.0 Å². The first-order valence-corrected chi connectivity index (χ1v) is 10.2. The van der Waals surface area contributed by atoms with Gasteiger partial charge in [-0.1, -0.05) is 30.3 Å². The van der Waals surface area contributed by atoms with Crippen LogP contribution < -0.4 is 15.4 Å². The zero-order valence-electron chi connectivity index (χ0n) is 14.6. The highest BCUT2D eigenvalue weighted by atomic mass is 32.2. The average molecular weight is 387 g/mol. The summed E-state index contributed by atoms with van der Waals surface area (Å²) in [5.74, 6) is -0.601. The molecule has 8 heteroatoms. The van der Waals surface area contributed by atoms with E-state index >= 15 is 0 Å². The highest BCUT2D eigenvalue weighted by molar-refractivity contribution is 7.89. The van der Waals surface area contributed by atoms with Crippen molar-refractivity contribution in [1.29, 1.82) is 0 Å². The molecule has 0 saturated heterocycles. The maximum absolute atomic E-state index is 12.2. The van der Waals surface area contributed by atoms with E-state index in [-0.39, 0.29) is 35.7 Å². The average Bonchev–Trinajstić information content (AvgIpc) is 3.46. The lowest BCUT2D eigenvalue weighted by atomic mass is 10.1. The molecule has 0 aromatic heterocycles. The Hall–Kier alpha value is -2.71. The minimum atomic E-state index is -3.65. The van der Waals surface area contributed by atoms with Gasteiger partial charge in [0, 0.05) is 19.0 Å². The molecule has 27 heavy (non-hydrogen) atoms. The second-order valence-corrected chi connectivity index (χ2v) is 8.07. The molecule has 0 heterocycles. The number of hydrogen-bond donors (Lipinski definition) is 3. The monoisotopic (exact) mass is 387 g/mol. The van der Waals surface area contributed by atoms with Gasteiger partial charge in [0.15, 0.2) is 0 Å². The van der Waals surface area contributed by atoms with E-state index in [0.29, 0.717) is 11.3 Å². The number of benzene rings is 2. The number of sulfonamides is 1. The summed E-state index contributed by atoms with van der Waals surface area (Å²) in [4.78, 5) is 24.6. The van der Waals surface area contributed by atoms with Gasteiger partial charge in [-0.3, -0.25) is 9.59 Å².